The first-order chi connectivity index (χ1) is 11.2. The molecule has 0 N–H and O–H groups in total. The minimum Gasteiger partial charge on any atom is -0.457 e. The lowest BCUT2D eigenvalue weighted by atomic mass is 10.3. The largest absolute Gasteiger partial charge is 0.457 e. The molecule has 4 heteroatoms. The molecule has 0 saturated heterocycles. The summed E-state index contributed by atoms with van der Waals surface area (Å²) >= 11 is 0. The molecule has 0 bridgehead atoms. The number of nitrogens with zero attached hydrogens (tertiary/aromatic N) is 2. The monoisotopic (exact) mass is 306 g/mol. The molecule has 0 atom stereocenters. The van der Waals surface area contributed by atoms with Crippen LogP contribution in [0.15, 0.2) is 72.8 Å². The van der Waals surface area contributed by atoms with Gasteiger partial charge >= 0.3 is 0 Å². The van der Waals surface area contributed by atoms with Gasteiger partial charge in [0.15, 0.2) is 0 Å². The second-order valence-corrected chi connectivity index (χ2v) is 5.22. The van der Waals surface area contributed by atoms with E-state index in [0.29, 0.717) is 11.6 Å². The summed E-state index contributed by atoms with van der Waals surface area (Å²) in [6.45, 7) is 0. The van der Waals surface area contributed by atoms with Crippen molar-refractivity contribution in [2.45, 2.75) is 0 Å². The molecule has 0 unspecified atom stereocenters. The minimum atomic E-state index is 0.549. The maximum absolute atomic E-state index is 5.83. The van der Waals surface area contributed by atoms with E-state index in [4.69, 9.17) is 9.47 Å². The molecule has 0 aliphatic carbocycles. The van der Waals surface area contributed by atoms with Crippen LogP contribution in [0, 0.1) is 0 Å². The van der Waals surface area contributed by atoms with Crippen molar-refractivity contribution < 1.29 is 9.47 Å². The van der Waals surface area contributed by atoms with Crippen molar-refractivity contribution in [1.82, 2.24) is 4.98 Å². The third kappa shape index (κ3) is 4.01. The Labute approximate surface area is 135 Å². The molecule has 116 valence electrons. The third-order valence-corrected chi connectivity index (χ3v) is 3.17. The normalized spacial score (nSPS) is 10.2. The van der Waals surface area contributed by atoms with Gasteiger partial charge in [0.2, 0.25) is 5.88 Å². The predicted octanol–water partition coefficient (Wildman–Crippen LogP) is 4.73. The van der Waals surface area contributed by atoms with Gasteiger partial charge < -0.3 is 14.4 Å². The summed E-state index contributed by atoms with van der Waals surface area (Å²) in [5, 5.41) is 0. The fourth-order valence-corrected chi connectivity index (χ4v) is 2.06. The van der Waals surface area contributed by atoms with Crippen LogP contribution in [-0.4, -0.2) is 19.1 Å². The first-order valence-electron chi connectivity index (χ1n) is 7.36. The van der Waals surface area contributed by atoms with Gasteiger partial charge in [-0.3, -0.25) is 0 Å². The van der Waals surface area contributed by atoms with Gasteiger partial charge in [-0.2, -0.15) is 4.98 Å². The van der Waals surface area contributed by atoms with E-state index >= 15 is 0 Å². The number of para-hydroxylation sites is 1. The number of anilines is 1. The van der Waals surface area contributed by atoms with Crippen molar-refractivity contribution >= 4 is 5.82 Å². The molecule has 2 aromatic carbocycles. The van der Waals surface area contributed by atoms with Crippen molar-refractivity contribution in [2.24, 2.45) is 0 Å². The Kier molecular flexibility index (Phi) is 4.43. The molecule has 0 radical (unpaired) electrons. The lowest BCUT2D eigenvalue weighted by molar-refractivity contribution is 0.449. The maximum Gasteiger partial charge on any atom is 0.221 e. The molecule has 0 aliphatic rings. The molecular formula is C19H18N2O2. The Hall–Kier alpha value is -3.01. The Morgan fingerprint density at radius 1 is 0.696 bits per heavy atom. The molecule has 3 rings (SSSR count). The Bertz CT molecular complexity index is 773. The van der Waals surface area contributed by atoms with E-state index in [0.717, 1.165) is 17.3 Å². The number of aromatic nitrogens is 1. The van der Waals surface area contributed by atoms with Crippen molar-refractivity contribution in [1.29, 1.82) is 0 Å². The number of benzene rings is 2. The summed E-state index contributed by atoms with van der Waals surface area (Å²) in [5.41, 5.74) is 0. The molecule has 3 aromatic rings. The number of rotatable bonds is 5. The van der Waals surface area contributed by atoms with Gasteiger partial charge in [0.1, 0.15) is 23.1 Å². The van der Waals surface area contributed by atoms with E-state index < -0.39 is 0 Å². The van der Waals surface area contributed by atoms with Crippen LogP contribution in [0.3, 0.4) is 0 Å². The molecular weight excluding hydrogens is 288 g/mol. The van der Waals surface area contributed by atoms with Crippen LogP contribution in [0.2, 0.25) is 0 Å². The van der Waals surface area contributed by atoms with Gasteiger partial charge in [0, 0.05) is 26.2 Å². The highest BCUT2D eigenvalue weighted by atomic mass is 16.5. The lowest BCUT2D eigenvalue weighted by Gasteiger charge is -2.13. The SMILES string of the molecule is CN(C)c1cccc(Oc2cccc(Oc3ccccc3)c2)n1. The Balaban J connectivity index is 1.76. The van der Waals surface area contributed by atoms with Crippen LogP contribution in [0.5, 0.6) is 23.1 Å². The molecule has 1 aromatic heterocycles. The smallest absolute Gasteiger partial charge is 0.221 e. The van der Waals surface area contributed by atoms with Crippen molar-refractivity contribution in [3.05, 3.63) is 72.8 Å². The Morgan fingerprint density at radius 2 is 1.35 bits per heavy atom. The van der Waals surface area contributed by atoms with Crippen LogP contribution >= 0.6 is 0 Å². The van der Waals surface area contributed by atoms with Gasteiger partial charge in [-0.15, -0.1) is 0 Å². The summed E-state index contributed by atoms with van der Waals surface area (Å²) < 4.78 is 11.6. The zero-order chi connectivity index (χ0) is 16.1. The van der Waals surface area contributed by atoms with Gasteiger partial charge in [-0.25, -0.2) is 0 Å². The van der Waals surface area contributed by atoms with Crippen LogP contribution < -0.4 is 14.4 Å². The number of hydrogen-bond acceptors (Lipinski definition) is 4. The summed E-state index contributed by atoms with van der Waals surface area (Å²) in [5.74, 6) is 3.59. The summed E-state index contributed by atoms with van der Waals surface area (Å²) in [4.78, 5) is 6.38. The van der Waals surface area contributed by atoms with Gasteiger partial charge in [0.25, 0.3) is 0 Å². The zero-order valence-electron chi connectivity index (χ0n) is 13.1. The molecule has 0 spiro atoms. The van der Waals surface area contributed by atoms with Crippen LogP contribution in [-0.2, 0) is 0 Å². The van der Waals surface area contributed by atoms with Gasteiger partial charge in [0.05, 0.1) is 0 Å². The summed E-state index contributed by atoms with van der Waals surface area (Å²) in [6, 6.07) is 22.8. The van der Waals surface area contributed by atoms with E-state index in [1.807, 2.05) is 91.8 Å². The molecule has 23 heavy (non-hydrogen) atoms. The van der Waals surface area contributed by atoms with E-state index in [-0.39, 0.29) is 0 Å². The fraction of sp³-hybridized carbons (Fsp3) is 0.105. The number of hydrogen-bond donors (Lipinski definition) is 0. The maximum atomic E-state index is 5.83. The number of pyridine rings is 1. The van der Waals surface area contributed by atoms with E-state index in [9.17, 15) is 0 Å². The van der Waals surface area contributed by atoms with Crippen LogP contribution in [0.1, 0.15) is 0 Å². The number of ether oxygens (including phenoxy) is 2. The molecule has 0 aliphatic heterocycles. The quantitative estimate of drug-likeness (QED) is 0.682. The van der Waals surface area contributed by atoms with Gasteiger partial charge in [-0.05, 0) is 30.3 Å². The summed E-state index contributed by atoms with van der Waals surface area (Å²) in [7, 11) is 3.89. The lowest BCUT2D eigenvalue weighted by Crippen LogP contribution is -2.10. The van der Waals surface area contributed by atoms with Crippen LogP contribution in [0.25, 0.3) is 0 Å². The van der Waals surface area contributed by atoms with E-state index in [1.165, 1.54) is 0 Å². The molecule has 0 fully saturated rings. The van der Waals surface area contributed by atoms with Gasteiger partial charge in [-0.1, -0.05) is 30.3 Å². The first-order valence-corrected chi connectivity index (χ1v) is 7.36. The molecule has 1 heterocycles. The second kappa shape index (κ2) is 6.83. The van der Waals surface area contributed by atoms with E-state index in [2.05, 4.69) is 4.98 Å². The average molecular weight is 306 g/mol. The topological polar surface area (TPSA) is 34.6 Å². The predicted molar refractivity (Wildman–Crippen MR) is 91.6 cm³/mol. The summed E-state index contributed by atoms with van der Waals surface area (Å²) in [6.07, 6.45) is 0. The standard InChI is InChI=1S/C19H18N2O2/c1-21(2)18-12-7-13-19(20-18)23-17-11-6-10-16(14-17)22-15-8-4-3-5-9-15/h3-14H,1-2H3. The highest BCUT2D eigenvalue weighted by molar-refractivity contribution is 5.41. The highest BCUT2D eigenvalue weighted by Gasteiger charge is 2.04. The molecule has 4 nitrogen and oxygen atoms in total. The molecule has 0 saturated carbocycles. The van der Waals surface area contributed by atoms with Crippen molar-refractivity contribution in [3.63, 3.8) is 0 Å². The third-order valence-electron chi connectivity index (χ3n) is 3.17. The average Bonchev–Trinajstić information content (AvgIpc) is 2.56. The van der Waals surface area contributed by atoms with Crippen LogP contribution in [0.4, 0.5) is 5.82 Å². The minimum absolute atomic E-state index is 0.549. The van der Waals surface area contributed by atoms with Crippen molar-refractivity contribution in [2.75, 3.05) is 19.0 Å². The second-order valence-electron chi connectivity index (χ2n) is 5.22. The fourth-order valence-electron chi connectivity index (χ4n) is 2.06. The highest BCUT2D eigenvalue weighted by Crippen LogP contribution is 2.28. The first kappa shape index (κ1) is 14.9. The van der Waals surface area contributed by atoms with Crippen molar-refractivity contribution in [3.8, 4) is 23.1 Å². The van der Waals surface area contributed by atoms with E-state index in [1.54, 1.807) is 0 Å². The molecule has 0 amide bonds. The zero-order valence-corrected chi connectivity index (χ0v) is 13.1. The Morgan fingerprint density at radius 3 is 2.09 bits per heavy atom.